The van der Waals surface area contributed by atoms with E-state index in [4.69, 9.17) is 4.74 Å². The minimum Gasteiger partial charge on any atom is -0.379 e. The maximum Gasteiger partial charge on any atom is 0.0630 e. The number of aryl methyl sites for hydroxylation is 1. The fourth-order valence-corrected chi connectivity index (χ4v) is 3.02. The van der Waals surface area contributed by atoms with Crippen LogP contribution >= 0.6 is 0 Å². The highest BCUT2D eigenvalue weighted by atomic mass is 16.5. The largest absolute Gasteiger partial charge is 0.379 e. The summed E-state index contributed by atoms with van der Waals surface area (Å²) in [7, 11) is 0. The highest BCUT2D eigenvalue weighted by Crippen LogP contribution is 2.16. The quantitative estimate of drug-likeness (QED) is 0.607. The van der Waals surface area contributed by atoms with Gasteiger partial charge in [-0.05, 0) is 55.0 Å². The molecule has 0 amide bonds. The summed E-state index contributed by atoms with van der Waals surface area (Å²) in [5, 5.41) is 0. The number of allylic oxidation sites excluding steroid dienone is 2. The van der Waals surface area contributed by atoms with E-state index in [2.05, 4.69) is 60.7 Å². The van der Waals surface area contributed by atoms with Gasteiger partial charge in [0.2, 0.25) is 0 Å². The fraction of sp³-hybridized carbons (Fsp3) is 0.500. The summed E-state index contributed by atoms with van der Waals surface area (Å²) < 4.78 is 5.41. The highest BCUT2D eigenvalue weighted by Gasteiger charge is 2.09. The number of rotatable bonds is 9. The third kappa shape index (κ3) is 6.97. The van der Waals surface area contributed by atoms with Gasteiger partial charge in [0.1, 0.15) is 0 Å². The van der Waals surface area contributed by atoms with Crippen molar-refractivity contribution in [1.29, 1.82) is 0 Å². The molecule has 0 N–H and O–H groups in total. The number of morpholine rings is 1. The van der Waals surface area contributed by atoms with Crippen molar-refractivity contribution < 1.29 is 4.74 Å². The molecule has 25 heavy (non-hydrogen) atoms. The zero-order valence-electron chi connectivity index (χ0n) is 15.8. The summed E-state index contributed by atoms with van der Waals surface area (Å²) in [4.78, 5) is 7.12. The van der Waals surface area contributed by atoms with Crippen LogP contribution in [-0.4, -0.2) is 44.0 Å². The highest BCUT2D eigenvalue weighted by molar-refractivity contribution is 5.84. The van der Waals surface area contributed by atoms with E-state index in [-0.39, 0.29) is 0 Å². The fourth-order valence-electron chi connectivity index (χ4n) is 3.02. The SMILES string of the molecule is C=C(/N=C\C(=C/CC)CCCN1CCOCC1)c1cccc(CC)c1. The molecule has 0 bridgehead atoms. The van der Waals surface area contributed by atoms with Crippen LogP contribution in [0.25, 0.3) is 5.70 Å². The van der Waals surface area contributed by atoms with Gasteiger partial charge in [0, 0.05) is 19.3 Å². The molecule has 0 unspecified atom stereocenters. The van der Waals surface area contributed by atoms with E-state index >= 15 is 0 Å². The third-order valence-corrected chi connectivity index (χ3v) is 4.56. The molecule has 1 aliphatic heterocycles. The van der Waals surface area contributed by atoms with E-state index in [1.807, 2.05) is 6.21 Å². The first-order valence-electron chi connectivity index (χ1n) is 9.54. The van der Waals surface area contributed by atoms with Crippen LogP contribution in [0.4, 0.5) is 0 Å². The van der Waals surface area contributed by atoms with Gasteiger partial charge in [0.25, 0.3) is 0 Å². The molecular formula is C22H32N2O. The van der Waals surface area contributed by atoms with E-state index in [1.165, 1.54) is 11.1 Å². The molecule has 136 valence electrons. The van der Waals surface area contributed by atoms with Gasteiger partial charge in [-0.25, -0.2) is 0 Å². The lowest BCUT2D eigenvalue weighted by atomic mass is 10.1. The Kier molecular flexibility index (Phi) is 8.64. The summed E-state index contributed by atoms with van der Waals surface area (Å²) in [5.74, 6) is 0. The molecule has 0 spiro atoms. The van der Waals surface area contributed by atoms with Gasteiger partial charge in [-0.3, -0.25) is 9.89 Å². The van der Waals surface area contributed by atoms with Gasteiger partial charge in [0.15, 0.2) is 0 Å². The molecule has 0 atom stereocenters. The Bertz CT molecular complexity index is 598. The zero-order valence-corrected chi connectivity index (χ0v) is 15.8. The van der Waals surface area contributed by atoms with E-state index in [9.17, 15) is 0 Å². The average Bonchev–Trinajstić information content (AvgIpc) is 2.66. The second-order valence-electron chi connectivity index (χ2n) is 6.50. The van der Waals surface area contributed by atoms with Gasteiger partial charge < -0.3 is 4.74 Å². The molecule has 1 fully saturated rings. The molecule has 1 aliphatic rings. The Labute approximate surface area is 153 Å². The summed E-state index contributed by atoms with van der Waals surface area (Å²) in [6.45, 7) is 13.5. The third-order valence-electron chi connectivity index (χ3n) is 4.56. The van der Waals surface area contributed by atoms with Gasteiger partial charge in [0.05, 0.1) is 18.9 Å². The van der Waals surface area contributed by atoms with Gasteiger partial charge in [-0.2, -0.15) is 0 Å². The predicted molar refractivity (Wildman–Crippen MR) is 108 cm³/mol. The topological polar surface area (TPSA) is 24.8 Å². The van der Waals surface area contributed by atoms with Crippen molar-refractivity contribution in [1.82, 2.24) is 4.90 Å². The van der Waals surface area contributed by atoms with Crippen LogP contribution in [0.3, 0.4) is 0 Å². The first kappa shape index (κ1) is 19.6. The molecule has 0 aliphatic carbocycles. The van der Waals surface area contributed by atoms with Gasteiger partial charge in [-0.15, -0.1) is 0 Å². The van der Waals surface area contributed by atoms with Crippen molar-refractivity contribution in [2.75, 3.05) is 32.8 Å². The number of benzene rings is 1. The number of hydrogen-bond acceptors (Lipinski definition) is 3. The Morgan fingerprint density at radius 1 is 1.28 bits per heavy atom. The minimum atomic E-state index is 0.838. The molecule has 1 aromatic carbocycles. The van der Waals surface area contributed by atoms with Crippen molar-refractivity contribution >= 4 is 11.9 Å². The van der Waals surface area contributed by atoms with Crippen LogP contribution in [0.5, 0.6) is 0 Å². The van der Waals surface area contributed by atoms with E-state index in [0.29, 0.717) is 0 Å². The standard InChI is InChI=1S/C22H32N2O/c1-4-8-21(10-7-12-24-13-15-25-16-14-24)18-23-19(3)22-11-6-9-20(5-2)17-22/h6,8-9,11,17-18H,3-5,7,10,12-16H2,1-2H3/b21-8-,23-18-. The molecule has 1 aromatic rings. The lowest BCUT2D eigenvalue weighted by molar-refractivity contribution is 0.0375. The van der Waals surface area contributed by atoms with Crippen molar-refractivity contribution in [2.24, 2.45) is 4.99 Å². The summed E-state index contributed by atoms with van der Waals surface area (Å²) >= 11 is 0. The molecule has 0 aromatic heterocycles. The molecule has 3 nitrogen and oxygen atoms in total. The second kappa shape index (κ2) is 11.0. The lowest BCUT2D eigenvalue weighted by Gasteiger charge is -2.26. The normalized spacial score (nSPS) is 16.5. The maximum absolute atomic E-state index is 5.41. The number of ether oxygens (including phenoxy) is 1. The van der Waals surface area contributed by atoms with Crippen LogP contribution in [0, 0.1) is 0 Å². The van der Waals surface area contributed by atoms with Crippen molar-refractivity contribution in [3.63, 3.8) is 0 Å². The number of hydrogen-bond donors (Lipinski definition) is 0. The van der Waals surface area contributed by atoms with Crippen LogP contribution < -0.4 is 0 Å². The Balaban J connectivity index is 1.87. The Hall–Kier alpha value is -1.71. The smallest absolute Gasteiger partial charge is 0.0630 e. The van der Waals surface area contributed by atoms with Crippen molar-refractivity contribution in [3.05, 3.63) is 53.6 Å². The van der Waals surface area contributed by atoms with Crippen LogP contribution in [0.15, 0.2) is 47.5 Å². The molecule has 0 saturated carbocycles. The molecule has 0 radical (unpaired) electrons. The van der Waals surface area contributed by atoms with Crippen molar-refractivity contribution in [3.8, 4) is 0 Å². The summed E-state index contributed by atoms with van der Waals surface area (Å²) in [6, 6.07) is 8.50. The summed E-state index contributed by atoms with van der Waals surface area (Å²) in [6.07, 6.45) is 8.58. The van der Waals surface area contributed by atoms with E-state index in [0.717, 1.165) is 69.8 Å². The predicted octanol–water partition coefficient (Wildman–Crippen LogP) is 4.74. The van der Waals surface area contributed by atoms with Crippen LogP contribution in [0.1, 0.15) is 44.2 Å². The van der Waals surface area contributed by atoms with Crippen LogP contribution in [0.2, 0.25) is 0 Å². The van der Waals surface area contributed by atoms with Crippen molar-refractivity contribution in [2.45, 2.75) is 39.5 Å². The van der Waals surface area contributed by atoms with E-state index in [1.54, 1.807) is 0 Å². The minimum absolute atomic E-state index is 0.838. The lowest BCUT2D eigenvalue weighted by Crippen LogP contribution is -2.36. The first-order valence-corrected chi connectivity index (χ1v) is 9.54. The molecule has 3 heteroatoms. The van der Waals surface area contributed by atoms with Crippen LogP contribution in [-0.2, 0) is 11.2 Å². The molecular weight excluding hydrogens is 308 g/mol. The maximum atomic E-state index is 5.41. The zero-order chi connectivity index (χ0) is 17.9. The van der Waals surface area contributed by atoms with Gasteiger partial charge in [-0.1, -0.05) is 44.7 Å². The average molecular weight is 341 g/mol. The number of nitrogens with zero attached hydrogens (tertiary/aromatic N) is 2. The second-order valence-corrected chi connectivity index (χ2v) is 6.50. The number of aliphatic imine (C=N–C) groups is 1. The Morgan fingerprint density at radius 2 is 2.08 bits per heavy atom. The molecule has 1 heterocycles. The summed E-state index contributed by atoms with van der Waals surface area (Å²) in [5.41, 5.74) is 4.58. The van der Waals surface area contributed by atoms with E-state index < -0.39 is 0 Å². The Morgan fingerprint density at radius 3 is 2.80 bits per heavy atom. The molecule has 2 rings (SSSR count). The monoisotopic (exact) mass is 340 g/mol. The van der Waals surface area contributed by atoms with Gasteiger partial charge >= 0.3 is 0 Å². The first-order chi connectivity index (χ1) is 12.2. The molecule has 1 saturated heterocycles.